The van der Waals surface area contributed by atoms with Crippen LogP contribution in [0.4, 0.5) is 0 Å². The summed E-state index contributed by atoms with van der Waals surface area (Å²) in [5.41, 5.74) is 0. The van der Waals surface area contributed by atoms with Crippen molar-refractivity contribution >= 4 is 0 Å². The molecule has 3 heteroatoms. The first kappa shape index (κ1) is 9.17. The van der Waals surface area contributed by atoms with Gasteiger partial charge in [-0.2, -0.15) is 0 Å². The summed E-state index contributed by atoms with van der Waals surface area (Å²) in [6.45, 7) is 5.63. The van der Waals surface area contributed by atoms with E-state index in [0.29, 0.717) is 5.76 Å². The van der Waals surface area contributed by atoms with Crippen molar-refractivity contribution < 1.29 is 9.63 Å². The van der Waals surface area contributed by atoms with Gasteiger partial charge in [0.1, 0.15) is 6.10 Å². The quantitative estimate of drug-likeness (QED) is 0.651. The van der Waals surface area contributed by atoms with Crippen LogP contribution in [-0.4, -0.2) is 10.3 Å². The van der Waals surface area contributed by atoms with Gasteiger partial charge in [-0.15, -0.1) is 0 Å². The number of aliphatic hydroxyl groups is 1. The molecule has 0 aliphatic heterocycles. The van der Waals surface area contributed by atoms with Gasteiger partial charge in [-0.25, -0.2) is 0 Å². The summed E-state index contributed by atoms with van der Waals surface area (Å²) in [5.74, 6) is 0.505. The Labute approximate surface area is 60.7 Å². The molecule has 1 unspecified atom stereocenters. The Kier molecular flexibility index (Phi) is 4.58. The lowest BCUT2D eigenvalue weighted by Gasteiger charge is -1.92. The van der Waals surface area contributed by atoms with E-state index >= 15 is 0 Å². The summed E-state index contributed by atoms with van der Waals surface area (Å²) < 4.78 is 4.59. The van der Waals surface area contributed by atoms with Crippen LogP contribution < -0.4 is 0 Å². The molecule has 1 N–H and O–H groups in total. The first-order valence-electron chi connectivity index (χ1n) is 3.39. The lowest BCUT2D eigenvalue weighted by molar-refractivity contribution is 0.158. The molecule has 1 atom stereocenters. The van der Waals surface area contributed by atoms with E-state index in [1.165, 1.54) is 6.20 Å². The molecule has 0 fully saturated rings. The molecule has 1 aromatic heterocycles. The molecule has 10 heavy (non-hydrogen) atoms. The smallest absolute Gasteiger partial charge is 0.164 e. The van der Waals surface area contributed by atoms with Crippen LogP contribution in [0, 0.1) is 0 Å². The fourth-order valence-electron chi connectivity index (χ4n) is 0.441. The summed E-state index contributed by atoms with van der Waals surface area (Å²) in [6.07, 6.45) is 0.958. The van der Waals surface area contributed by atoms with Gasteiger partial charge in [0.25, 0.3) is 0 Å². The zero-order chi connectivity index (χ0) is 7.98. The number of aliphatic hydroxyl groups excluding tert-OH is 1. The highest BCUT2D eigenvalue weighted by atomic mass is 16.5. The minimum Gasteiger partial charge on any atom is -0.385 e. The number of nitrogens with zero attached hydrogens (tertiary/aromatic N) is 1. The van der Waals surface area contributed by atoms with E-state index in [2.05, 4.69) is 9.68 Å². The van der Waals surface area contributed by atoms with E-state index in [1.807, 2.05) is 13.8 Å². The van der Waals surface area contributed by atoms with Crippen LogP contribution in [0.25, 0.3) is 0 Å². The highest BCUT2D eigenvalue weighted by Crippen LogP contribution is 2.08. The van der Waals surface area contributed by atoms with Gasteiger partial charge in [-0.3, -0.25) is 0 Å². The number of hydrogen-bond donors (Lipinski definition) is 1. The fraction of sp³-hybridized carbons (Fsp3) is 0.571. The number of rotatable bonds is 1. The lowest BCUT2D eigenvalue weighted by atomic mass is 10.3. The van der Waals surface area contributed by atoms with Crippen LogP contribution in [0.3, 0.4) is 0 Å². The summed E-state index contributed by atoms with van der Waals surface area (Å²) in [5, 5.41) is 12.2. The second-order valence-electron chi connectivity index (χ2n) is 1.59. The van der Waals surface area contributed by atoms with Crippen molar-refractivity contribution in [2.45, 2.75) is 26.9 Å². The molecule has 3 nitrogen and oxygen atoms in total. The van der Waals surface area contributed by atoms with E-state index in [1.54, 1.807) is 13.0 Å². The maximum Gasteiger partial charge on any atom is 0.164 e. The summed E-state index contributed by atoms with van der Waals surface area (Å²) in [4.78, 5) is 0. The molecular weight excluding hydrogens is 130 g/mol. The largest absolute Gasteiger partial charge is 0.385 e. The zero-order valence-corrected chi connectivity index (χ0v) is 6.53. The Hall–Kier alpha value is -0.830. The Morgan fingerprint density at radius 3 is 2.40 bits per heavy atom. The topological polar surface area (TPSA) is 46.3 Å². The van der Waals surface area contributed by atoms with E-state index in [9.17, 15) is 0 Å². The first-order valence-corrected chi connectivity index (χ1v) is 3.39. The highest BCUT2D eigenvalue weighted by molar-refractivity contribution is 4.95. The van der Waals surface area contributed by atoms with E-state index < -0.39 is 6.10 Å². The average Bonchev–Trinajstić information content (AvgIpc) is 2.42. The molecule has 1 rings (SSSR count). The minimum absolute atomic E-state index is 0.505. The van der Waals surface area contributed by atoms with Crippen LogP contribution in [-0.2, 0) is 0 Å². The van der Waals surface area contributed by atoms with Crippen molar-refractivity contribution in [3.05, 3.63) is 18.0 Å². The standard InChI is InChI=1S/C5H7NO2.C2H6/c1-4(7)5-2-3-6-8-5;1-2/h2-4,7H,1H3;1-2H3. The Morgan fingerprint density at radius 1 is 1.60 bits per heavy atom. The maximum atomic E-state index is 8.78. The van der Waals surface area contributed by atoms with Gasteiger partial charge in [0.2, 0.25) is 0 Å². The second-order valence-corrected chi connectivity index (χ2v) is 1.59. The van der Waals surface area contributed by atoms with Crippen LogP contribution in [0.5, 0.6) is 0 Å². The lowest BCUT2D eigenvalue weighted by Crippen LogP contribution is -1.85. The summed E-state index contributed by atoms with van der Waals surface area (Å²) >= 11 is 0. The van der Waals surface area contributed by atoms with Gasteiger partial charge in [0, 0.05) is 6.07 Å². The van der Waals surface area contributed by atoms with Gasteiger partial charge in [-0.1, -0.05) is 19.0 Å². The average molecular weight is 143 g/mol. The van der Waals surface area contributed by atoms with E-state index in [0.717, 1.165) is 0 Å². The van der Waals surface area contributed by atoms with Gasteiger partial charge < -0.3 is 9.63 Å². The predicted molar refractivity (Wildman–Crippen MR) is 38.5 cm³/mol. The number of aromatic nitrogens is 1. The third-order valence-corrected chi connectivity index (χ3v) is 0.870. The van der Waals surface area contributed by atoms with Crippen LogP contribution >= 0.6 is 0 Å². The highest BCUT2D eigenvalue weighted by Gasteiger charge is 2.01. The van der Waals surface area contributed by atoms with Crippen LogP contribution in [0.2, 0.25) is 0 Å². The van der Waals surface area contributed by atoms with Gasteiger partial charge in [0.05, 0.1) is 6.20 Å². The molecule has 0 amide bonds. The Balaban J connectivity index is 0.000000371. The molecule has 0 radical (unpaired) electrons. The van der Waals surface area contributed by atoms with Crippen molar-refractivity contribution in [2.75, 3.05) is 0 Å². The molecule has 0 saturated carbocycles. The van der Waals surface area contributed by atoms with Crippen LogP contribution in [0.15, 0.2) is 16.8 Å². The van der Waals surface area contributed by atoms with Crippen molar-refractivity contribution in [1.29, 1.82) is 0 Å². The van der Waals surface area contributed by atoms with Crippen molar-refractivity contribution in [2.24, 2.45) is 0 Å². The Morgan fingerprint density at radius 2 is 2.20 bits per heavy atom. The van der Waals surface area contributed by atoms with E-state index in [4.69, 9.17) is 5.11 Å². The Bertz CT molecular complexity index is 147. The predicted octanol–water partition coefficient (Wildman–Crippen LogP) is 1.75. The molecule has 0 aliphatic rings. The van der Waals surface area contributed by atoms with Crippen LogP contribution in [0.1, 0.15) is 32.6 Å². The fourth-order valence-corrected chi connectivity index (χ4v) is 0.441. The molecule has 0 saturated heterocycles. The molecular formula is C7H13NO2. The molecule has 1 aromatic rings. The first-order chi connectivity index (χ1) is 4.80. The summed E-state index contributed by atoms with van der Waals surface area (Å²) in [7, 11) is 0. The SMILES string of the molecule is CC.CC(O)c1ccno1. The monoisotopic (exact) mass is 143 g/mol. The molecule has 0 aromatic carbocycles. The second kappa shape index (κ2) is 4.99. The van der Waals surface area contributed by atoms with Crippen molar-refractivity contribution in [1.82, 2.24) is 5.16 Å². The molecule has 1 heterocycles. The number of hydrogen-bond acceptors (Lipinski definition) is 3. The van der Waals surface area contributed by atoms with Gasteiger partial charge >= 0.3 is 0 Å². The third-order valence-electron chi connectivity index (χ3n) is 0.870. The summed E-state index contributed by atoms with van der Waals surface area (Å²) in [6, 6.07) is 1.63. The molecule has 0 spiro atoms. The normalized spacial score (nSPS) is 11.6. The molecule has 58 valence electrons. The third kappa shape index (κ3) is 2.64. The van der Waals surface area contributed by atoms with Crippen molar-refractivity contribution in [3.8, 4) is 0 Å². The van der Waals surface area contributed by atoms with Crippen molar-refractivity contribution in [3.63, 3.8) is 0 Å². The molecule has 0 bridgehead atoms. The molecule has 0 aliphatic carbocycles. The van der Waals surface area contributed by atoms with Gasteiger partial charge in [0.15, 0.2) is 5.76 Å². The van der Waals surface area contributed by atoms with E-state index in [-0.39, 0.29) is 0 Å². The van der Waals surface area contributed by atoms with Gasteiger partial charge in [-0.05, 0) is 6.92 Å². The zero-order valence-electron chi connectivity index (χ0n) is 6.53. The maximum absolute atomic E-state index is 8.78. The minimum atomic E-state index is -0.544.